The first-order valence-electron chi connectivity index (χ1n) is 4.96. The Hall–Kier alpha value is -1.69. The second-order valence-corrected chi connectivity index (χ2v) is 4.61. The zero-order valence-corrected chi connectivity index (χ0v) is 10.3. The van der Waals surface area contributed by atoms with Crippen molar-refractivity contribution >= 4 is 33.8 Å². The third kappa shape index (κ3) is 2.71. The zero-order valence-electron chi connectivity index (χ0n) is 8.70. The van der Waals surface area contributed by atoms with Crippen molar-refractivity contribution in [1.29, 1.82) is 0 Å². The smallest absolute Gasteiger partial charge is 0.277 e. The van der Waals surface area contributed by atoms with Crippen LogP contribution in [0.5, 0.6) is 0 Å². The van der Waals surface area contributed by atoms with Gasteiger partial charge in [0.05, 0.1) is 0 Å². The summed E-state index contributed by atoms with van der Waals surface area (Å²) in [6, 6.07) is 6.57. The van der Waals surface area contributed by atoms with E-state index in [9.17, 15) is 14.4 Å². The SMILES string of the molecule is O=C1NC(=O)C(Cc2cccc(Br)c2)C(=O)N1. The first-order chi connectivity index (χ1) is 8.06. The molecule has 0 aromatic heterocycles. The molecule has 0 aliphatic carbocycles. The summed E-state index contributed by atoms with van der Waals surface area (Å²) in [5.74, 6) is -1.97. The van der Waals surface area contributed by atoms with E-state index in [2.05, 4.69) is 26.6 Å². The lowest BCUT2D eigenvalue weighted by Gasteiger charge is -2.20. The molecule has 1 fully saturated rings. The molecule has 0 atom stereocenters. The molecule has 4 amide bonds. The molecule has 1 aliphatic rings. The van der Waals surface area contributed by atoms with Crippen molar-refractivity contribution in [1.82, 2.24) is 10.6 Å². The summed E-state index contributed by atoms with van der Waals surface area (Å²) in [5, 5.41) is 4.15. The van der Waals surface area contributed by atoms with Crippen LogP contribution in [0.2, 0.25) is 0 Å². The molecule has 0 unspecified atom stereocenters. The third-order valence-corrected chi connectivity index (χ3v) is 2.93. The van der Waals surface area contributed by atoms with E-state index in [0.29, 0.717) is 0 Å². The van der Waals surface area contributed by atoms with Gasteiger partial charge in [-0.1, -0.05) is 28.1 Å². The molecule has 1 aromatic rings. The number of nitrogens with one attached hydrogen (secondary N) is 2. The number of carbonyl (C=O) groups is 3. The molecular formula is C11H9BrN2O3. The normalized spacial score (nSPS) is 16.6. The topological polar surface area (TPSA) is 75.3 Å². The second kappa shape index (κ2) is 4.67. The Morgan fingerprint density at radius 2 is 1.76 bits per heavy atom. The molecule has 2 N–H and O–H groups in total. The fourth-order valence-electron chi connectivity index (χ4n) is 1.63. The largest absolute Gasteiger partial charge is 0.328 e. The van der Waals surface area contributed by atoms with Crippen molar-refractivity contribution in [3.63, 3.8) is 0 Å². The number of rotatable bonds is 2. The van der Waals surface area contributed by atoms with Crippen LogP contribution in [-0.2, 0) is 16.0 Å². The van der Waals surface area contributed by atoms with Crippen LogP contribution in [0.3, 0.4) is 0 Å². The van der Waals surface area contributed by atoms with Gasteiger partial charge >= 0.3 is 6.03 Å². The Morgan fingerprint density at radius 3 is 2.35 bits per heavy atom. The summed E-state index contributed by atoms with van der Waals surface area (Å²) >= 11 is 3.31. The molecule has 0 spiro atoms. The van der Waals surface area contributed by atoms with E-state index in [-0.39, 0.29) is 6.42 Å². The van der Waals surface area contributed by atoms with Crippen molar-refractivity contribution in [3.05, 3.63) is 34.3 Å². The third-order valence-electron chi connectivity index (χ3n) is 2.44. The van der Waals surface area contributed by atoms with Gasteiger partial charge in [-0.05, 0) is 24.1 Å². The minimum atomic E-state index is -0.859. The molecule has 1 aromatic carbocycles. The van der Waals surface area contributed by atoms with Crippen molar-refractivity contribution in [2.45, 2.75) is 6.42 Å². The van der Waals surface area contributed by atoms with Gasteiger partial charge in [-0.25, -0.2) is 4.79 Å². The van der Waals surface area contributed by atoms with Crippen LogP contribution in [0.15, 0.2) is 28.7 Å². The Kier molecular flexibility index (Phi) is 3.23. The van der Waals surface area contributed by atoms with E-state index in [1.807, 2.05) is 24.3 Å². The summed E-state index contributed by atoms with van der Waals surface area (Å²) in [6.07, 6.45) is 0.268. The van der Waals surface area contributed by atoms with Crippen LogP contribution >= 0.6 is 15.9 Å². The summed E-state index contributed by atoms with van der Waals surface area (Å²) in [4.78, 5) is 33.9. The van der Waals surface area contributed by atoms with Crippen LogP contribution in [0.1, 0.15) is 5.56 Å². The summed E-state index contributed by atoms with van der Waals surface area (Å²) in [7, 11) is 0. The molecule has 0 radical (unpaired) electrons. The summed E-state index contributed by atoms with van der Waals surface area (Å²) in [6.45, 7) is 0. The molecule has 17 heavy (non-hydrogen) atoms. The highest BCUT2D eigenvalue weighted by atomic mass is 79.9. The van der Waals surface area contributed by atoms with Gasteiger partial charge in [-0.2, -0.15) is 0 Å². The molecule has 88 valence electrons. The van der Waals surface area contributed by atoms with Gasteiger partial charge in [0, 0.05) is 4.47 Å². The van der Waals surface area contributed by atoms with Gasteiger partial charge in [0.25, 0.3) is 0 Å². The Labute approximate surface area is 106 Å². The Morgan fingerprint density at radius 1 is 1.12 bits per heavy atom. The van der Waals surface area contributed by atoms with Crippen molar-refractivity contribution in [2.75, 3.05) is 0 Å². The van der Waals surface area contributed by atoms with Crippen LogP contribution in [0.25, 0.3) is 0 Å². The number of urea groups is 1. The Bertz CT molecular complexity index is 481. The van der Waals surface area contributed by atoms with E-state index in [1.54, 1.807) is 0 Å². The van der Waals surface area contributed by atoms with Crippen molar-refractivity contribution in [2.24, 2.45) is 5.92 Å². The van der Waals surface area contributed by atoms with Gasteiger partial charge < -0.3 is 0 Å². The lowest BCUT2D eigenvalue weighted by atomic mass is 9.96. The average Bonchev–Trinajstić information content (AvgIpc) is 2.23. The number of benzene rings is 1. The minimum absolute atomic E-state index is 0.268. The van der Waals surface area contributed by atoms with Gasteiger partial charge in [0.2, 0.25) is 11.8 Å². The van der Waals surface area contributed by atoms with E-state index in [1.165, 1.54) is 0 Å². The number of barbiturate groups is 1. The first-order valence-corrected chi connectivity index (χ1v) is 5.75. The van der Waals surface area contributed by atoms with Crippen LogP contribution in [-0.4, -0.2) is 17.8 Å². The number of carbonyl (C=O) groups excluding carboxylic acids is 3. The standard InChI is InChI=1S/C11H9BrN2O3/c12-7-3-1-2-6(4-7)5-8-9(15)13-11(17)14-10(8)16/h1-4,8H,5H2,(H2,13,14,15,16,17). The van der Waals surface area contributed by atoms with Gasteiger partial charge in [0.1, 0.15) is 5.92 Å². The summed E-state index contributed by atoms with van der Waals surface area (Å²) < 4.78 is 0.878. The fourth-order valence-corrected chi connectivity index (χ4v) is 2.08. The number of halogens is 1. The molecule has 1 aliphatic heterocycles. The van der Waals surface area contributed by atoms with Gasteiger partial charge in [0.15, 0.2) is 0 Å². The van der Waals surface area contributed by atoms with Crippen LogP contribution in [0, 0.1) is 5.92 Å². The number of imide groups is 2. The van der Waals surface area contributed by atoms with Crippen molar-refractivity contribution in [3.8, 4) is 0 Å². The average molecular weight is 297 g/mol. The second-order valence-electron chi connectivity index (χ2n) is 3.69. The molecule has 0 bridgehead atoms. The quantitative estimate of drug-likeness (QED) is 0.799. The maximum Gasteiger partial charge on any atom is 0.328 e. The first kappa shape index (κ1) is 11.8. The maximum absolute atomic E-state index is 11.5. The highest BCUT2D eigenvalue weighted by molar-refractivity contribution is 9.10. The van der Waals surface area contributed by atoms with E-state index >= 15 is 0 Å². The molecular weight excluding hydrogens is 288 g/mol. The summed E-state index contributed by atoms with van der Waals surface area (Å²) in [5.41, 5.74) is 0.851. The Balaban J connectivity index is 2.15. The van der Waals surface area contributed by atoms with Gasteiger partial charge in [-0.15, -0.1) is 0 Å². The van der Waals surface area contributed by atoms with E-state index in [4.69, 9.17) is 0 Å². The predicted molar refractivity (Wildman–Crippen MR) is 63.0 cm³/mol. The predicted octanol–water partition coefficient (Wildman–Crippen LogP) is 0.974. The molecule has 1 saturated heterocycles. The maximum atomic E-state index is 11.5. The highest BCUT2D eigenvalue weighted by Gasteiger charge is 2.33. The van der Waals surface area contributed by atoms with Gasteiger partial charge in [-0.3, -0.25) is 20.2 Å². The highest BCUT2D eigenvalue weighted by Crippen LogP contribution is 2.16. The lowest BCUT2D eigenvalue weighted by molar-refractivity contribution is -0.135. The molecule has 0 saturated carbocycles. The zero-order chi connectivity index (χ0) is 12.4. The monoisotopic (exact) mass is 296 g/mol. The van der Waals surface area contributed by atoms with E-state index < -0.39 is 23.8 Å². The van der Waals surface area contributed by atoms with Crippen LogP contribution in [0.4, 0.5) is 4.79 Å². The van der Waals surface area contributed by atoms with Crippen LogP contribution < -0.4 is 10.6 Å². The molecule has 6 heteroatoms. The van der Waals surface area contributed by atoms with Crippen molar-refractivity contribution < 1.29 is 14.4 Å². The lowest BCUT2D eigenvalue weighted by Crippen LogP contribution is -2.56. The van der Waals surface area contributed by atoms with E-state index in [0.717, 1.165) is 10.0 Å². The molecule has 5 nitrogen and oxygen atoms in total. The molecule has 2 rings (SSSR count). The fraction of sp³-hybridized carbons (Fsp3) is 0.182. The number of amides is 4. The molecule has 1 heterocycles. The number of hydrogen-bond donors (Lipinski definition) is 2. The number of hydrogen-bond acceptors (Lipinski definition) is 3. The minimum Gasteiger partial charge on any atom is -0.277 e.